The summed E-state index contributed by atoms with van der Waals surface area (Å²) in [4.78, 5) is 23.4. The number of H-pyrrole nitrogens is 1. The van der Waals surface area contributed by atoms with Crippen molar-refractivity contribution in [3.05, 3.63) is 48.3 Å². The first-order valence-electron chi connectivity index (χ1n) is 6.35. The van der Waals surface area contributed by atoms with Gasteiger partial charge in [-0.15, -0.1) is 0 Å². The van der Waals surface area contributed by atoms with Gasteiger partial charge >= 0.3 is 0 Å². The van der Waals surface area contributed by atoms with Crippen molar-refractivity contribution >= 4 is 16.9 Å². The van der Waals surface area contributed by atoms with Crippen LogP contribution in [0.25, 0.3) is 11.0 Å². The van der Waals surface area contributed by atoms with Crippen molar-refractivity contribution < 1.29 is 4.79 Å². The van der Waals surface area contributed by atoms with E-state index in [0.717, 1.165) is 16.7 Å². The van der Waals surface area contributed by atoms with E-state index in [4.69, 9.17) is 0 Å². The number of hydrogen-bond donors (Lipinski definition) is 2. The number of hydrogen-bond acceptors (Lipinski definition) is 3. The molecule has 3 aromatic heterocycles. The Hall–Kier alpha value is -2.63. The zero-order chi connectivity index (χ0) is 14.1. The van der Waals surface area contributed by atoms with Gasteiger partial charge in [0.15, 0.2) is 0 Å². The summed E-state index contributed by atoms with van der Waals surface area (Å²) >= 11 is 0. The molecule has 0 aromatic carbocycles. The second kappa shape index (κ2) is 4.80. The summed E-state index contributed by atoms with van der Waals surface area (Å²) in [5.74, 6) is -0.148. The number of aryl methyl sites for hydroxylation is 1. The highest BCUT2D eigenvalue weighted by Crippen LogP contribution is 2.15. The van der Waals surface area contributed by atoms with Crippen LogP contribution in [0.2, 0.25) is 0 Å². The number of imidazole rings is 1. The highest BCUT2D eigenvalue weighted by Gasteiger charge is 2.13. The molecule has 3 aromatic rings. The molecule has 0 saturated carbocycles. The van der Waals surface area contributed by atoms with Gasteiger partial charge in [-0.1, -0.05) is 0 Å². The Morgan fingerprint density at radius 3 is 3.05 bits per heavy atom. The Labute approximate surface area is 115 Å². The molecule has 0 aliphatic carbocycles. The summed E-state index contributed by atoms with van der Waals surface area (Å²) in [6, 6.07) is 3.66. The van der Waals surface area contributed by atoms with Crippen LogP contribution in [0.15, 0.2) is 37.1 Å². The average Bonchev–Trinajstić information content (AvgIpc) is 3.08. The topological polar surface area (TPSA) is 75.6 Å². The molecule has 2 N–H and O–H groups in total. The first kappa shape index (κ1) is 12.4. The van der Waals surface area contributed by atoms with E-state index in [2.05, 4.69) is 20.3 Å². The molecule has 0 aliphatic heterocycles. The predicted octanol–water partition coefficient (Wildman–Crippen LogP) is 1.79. The van der Waals surface area contributed by atoms with Gasteiger partial charge in [0.1, 0.15) is 5.65 Å². The molecule has 1 atom stereocenters. The molecule has 3 heterocycles. The van der Waals surface area contributed by atoms with Gasteiger partial charge in [-0.25, -0.2) is 9.97 Å². The van der Waals surface area contributed by atoms with E-state index in [0.29, 0.717) is 5.56 Å². The molecule has 0 radical (unpaired) electrons. The van der Waals surface area contributed by atoms with Gasteiger partial charge in [-0.3, -0.25) is 4.79 Å². The smallest absolute Gasteiger partial charge is 0.253 e. The third-order valence-electron chi connectivity index (χ3n) is 3.30. The van der Waals surface area contributed by atoms with Crippen LogP contribution in [-0.2, 0) is 7.05 Å². The van der Waals surface area contributed by atoms with E-state index >= 15 is 0 Å². The van der Waals surface area contributed by atoms with Gasteiger partial charge in [-0.05, 0) is 19.1 Å². The molecule has 0 bridgehead atoms. The lowest BCUT2D eigenvalue weighted by molar-refractivity contribution is 0.0939. The van der Waals surface area contributed by atoms with Crippen LogP contribution in [0.4, 0.5) is 0 Å². The number of aromatic amines is 1. The summed E-state index contributed by atoms with van der Waals surface area (Å²) in [7, 11) is 1.93. The van der Waals surface area contributed by atoms with Crippen molar-refractivity contribution in [1.82, 2.24) is 24.8 Å². The second-order valence-corrected chi connectivity index (χ2v) is 4.77. The van der Waals surface area contributed by atoms with Gasteiger partial charge in [-0.2, -0.15) is 0 Å². The number of nitrogens with zero attached hydrogens (tertiary/aromatic N) is 3. The summed E-state index contributed by atoms with van der Waals surface area (Å²) in [5.41, 5.74) is 2.28. The molecule has 3 rings (SSSR count). The molecule has 6 heteroatoms. The van der Waals surface area contributed by atoms with Gasteiger partial charge < -0.3 is 14.9 Å². The molecule has 0 aliphatic rings. The Balaban J connectivity index is 1.81. The highest BCUT2D eigenvalue weighted by molar-refractivity contribution is 5.97. The maximum atomic E-state index is 12.2. The lowest BCUT2D eigenvalue weighted by Crippen LogP contribution is -2.26. The van der Waals surface area contributed by atoms with Crippen LogP contribution >= 0.6 is 0 Å². The van der Waals surface area contributed by atoms with Gasteiger partial charge in [0, 0.05) is 24.8 Å². The minimum absolute atomic E-state index is 0.128. The van der Waals surface area contributed by atoms with E-state index in [1.54, 1.807) is 18.7 Å². The van der Waals surface area contributed by atoms with Crippen molar-refractivity contribution in [3.8, 4) is 0 Å². The van der Waals surface area contributed by atoms with Gasteiger partial charge in [0.25, 0.3) is 5.91 Å². The lowest BCUT2D eigenvalue weighted by Gasteiger charge is -2.11. The van der Waals surface area contributed by atoms with Crippen LogP contribution in [-0.4, -0.2) is 25.4 Å². The first-order chi connectivity index (χ1) is 9.65. The standard InChI is InChI=1S/C14H15N5O/c1-9(12-7-15-8-17-12)18-14(20)11-5-10-3-4-19(2)13(10)16-6-11/h3-9H,1-2H3,(H,15,17)(H,18,20). The number of pyridine rings is 1. The zero-order valence-corrected chi connectivity index (χ0v) is 11.3. The molecule has 102 valence electrons. The third kappa shape index (κ3) is 2.16. The van der Waals surface area contributed by atoms with Crippen molar-refractivity contribution in [2.24, 2.45) is 7.05 Å². The molecule has 1 unspecified atom stereocenters. The number of fused-ring (bicyclic) bond motifs is 1. The van der Waals surface area contributed by atoms with E-state index in [-0.39, 0.29) is 11.9 Å². The lowest BCUT2D eigenvalue weighted by atomic mass is 10.2. The van der Waals surface area contributed by atoms with Crippen LogP contribution in [0.3, 0.4) is 0 Å². The summed E-state index contributed by atoms with van der Waals surface area (Å²) in [6.07, 6.45) is 6.81. The van der Waals surface area contributed by atoms with Crippen LogP contribution in [0, 0.1) is 0 Å². The highest BCUT2D eigenvalue weighted by atomic mass is 16.1. The molecule has 0 saturated heterocycles. The maximum Gasteiger partial charge on any atom is 0.253 e. The largest absolute Gasteiger partial charge is 0.347 e. The fraction of sp³-hybridized carbons (Fsp3) is 0.214. The predicted molar refractivity (Wildman–Crippen MR) is 75.2 cm³/mol. The van der Waals surface area contributed by atoms with Crippen molar-refractivity contribution in [3.63, 3.8) is 0 Å². The minimum Gasteiger partial charge on any atom is -0.347 e. The van der Waals surface area contributed by atoms with E-state index < -0.39 is 0 Å². The van der Waals surface area contributed by atoms with Gasteiger partial charge in [0.05, 0.1) is 29.8 Å². The third-order valence-corrected chi connectivity index (χ3v) is 3.30. The Morgan fingerprint density at radius 2 is 2.30 bits per heavy atom. The SMILES string of the molecule is CC(NC(=O)c1cnc2c(ccn2C)c1)c1cnc[nH]1. The maximum absolute atomic E-state index is 12.2. The normalized spacial score (nSPS) is 12.5. The molecule has 0 fully saturated rings. The van der Waals surface area contributed by atoms with E-state index in [1.165, 1.54) is 0 Å². The number of carbonyl (C=O) groups is 1. The average molecular weight is 269 g/mol. The number of nitrogens with one attached hydrogen (secondary N) is 2. The minimum atomic E-state index is -0.148. The van der Waals surface area contributed by atoms with Crippen LogP contribution < -0.4 is 5.32 Å². The first-order valence-corrected chi connectivity index (χ1v) is 6.35. The quantitative estimate of drug-likeness (QED) is 0.761. The van der Waals surface area contributed by atoms with Gasteiger partial charge in [0.2, 0.25) is 0 Å². The Kier molecular flexibility index (Phi) is 2.98. The molecule has 6 nitrogen and oxygen atoms in total. The summed E-state index contributed by atoms with van der Waals surface area (Å²) in [6.45, 7) is 1.90. The van der Waals surface area contributed by atoms with Crippen molar-refractivity contribution in [1.29, 1.82) is 0 Å². The summed E-state index contributed by atoms with van der Waals surface area (Å²) < 4.78 is 1.92. The van der Waals surface area contributed by atoms with E-state index in [1.807, 2.05) is 36.9 Å². The molecule has 20 heavy (non-hydrogen) atoms. The van der Waals surface area contributed by atoms with E-state index in [9.17, 15) is 4.79 Å². The zero-order valence-electron chi connectivity index (χ0n) is 11.3. The fourth-order valence-electron chi connectivity index (χ4n) is 2.14. The molecular formula is C14H15N5O. The monoisotopic (exact) mass is 269 g/mol. The number of carbonyl (C=O) groups excluding carboxylic acids is 1. The van der Waals surface area contributed by atoms with Crippen LogP contribution in [0.1, 0.15) is 29.0 Å². The molecule has 0 spiro atoms. The Bertz CT molecular complexity index is 744. The van der Waals surface area contributed by atoms with Crippen molar-refractivity contribution in [2.75, 3.05) is 0 Å². The number of amides is 1. The summed E-state index contributed by atoms with van der Waals surface area (Å²) in [5, 5.41) is 3.87. The second-order valence-electron chi connectivity index (χ2n) is 4.77. The fourth-order valence-corrected chi connectivity index (χ4v) is 2.14. The Morgan fingerprint density at radius 1 is 1.45 bits per heavy atom. The van der Waals surface area contributed by atoms with Crippen molar-refractivity contribution in [2.45, 2.75) is 13.0 Å². The number of aromatic nitrogens is 4. The van der Waals surface area contributed by atoms with Crippen LogP contribution in [0.5, 0.6) is 0 Å². The molecule has 1 amide bonds. The molecular weight excluding hydrogens is 254 g/mol. The number of rotatable bonds is 3.